The average Bonchev–Trinajstić information content (AvgIpc) is 2.37. The van der Waals surface area contributed by atoms with Crippen molar-refractivity contribution in [2.45, 2.75) is 13.5 Å². The lowest BCUT2D eigenvalue weighted by atomic mass is 10.1. The third kappa shape index (κ3) is 3.06. The fourth-order valence-corrected chi connectivity index (χ4v) is 2.39. The first-order valence-corrected chi connectivity index (χ1v) is 7.53. The van der Waals surface area contributed by atoms with Gasteiger partial charge < -0.3 is 4.98 Å². The Morgan fingerprint density at radius 1 is 1.25 bits per heavy atom. The van der Waals surface area contributed by atoms with E-state index < -0.39 is 10.2 Å². The van der Waals surface area contributed by atoms with E-state index in [0.717, 1.165) is 20.8 Å². The van der Waals surface area contributed by atoms with Crippen LogP contribution in [0.2, 0.25) is 0 Å². The highest BCUT2D eigenvalue weighted by atomic mass is 32.2. The number of aromatic nitrogens is 1. The molecule has 0 unspecified atom stereocenters. The third-order valence-electron chi connectivity index (χ3n) is 3.03. The molecule has 2 N–H and O–H groups in total. The van der Waals surface area contributed by atoms with E-state index in [-0.39, 0.29) is 12.1 Å². The molecule has 0 radical (unpaired) electrons. The Bertz CT molecular complexity index is 794. The first-order chi connectivity index (χ1) is 9.29. The zero-order valence-corrected chi connectivity index (χ0v) is 12.4. The van der Waals surface area contributed by atoms with Crippen molar-refractivity contribution in [2.75, 3.05) is 14.1 Å². The lowest BCUT2D eigenvalue weighted by Gasteiger charge is -2.12. The topological polar surface area (TPSA) is 82.3 Å². The molecule has 6 nitrogen and oxygen atoms in total. The lowest BCUT2D eigenvalue weighted by molar-refractivity contribution is 0.505. The molecule has 1 aromatic heterocycles. The number of rotatable bonds is 4. The molecular weight excluding hydrogens is 278 g/mol. The van der Waals surface area contributed by atoms with E-state index in [1.54, 1.807) is 25.1 Å². The van der Waals surface area contributed by atoms with Crippen LogP contribution in [0.4, 0.5) is 0 Å². The first-order valence-electron chi connectivity index (χ1n) is 6.09. The van der Waals surface area contributed by atoms with Crippen LogP contribution in [0.5, 0.6) is 0 Å². The Morgan fingerprint density at radius 2 is 1.95 bits per heavy atom. The predicted octanol–water partition coefficient (Wildman–Crippen LogP) is 0.733. The summed E-state index contributed by atoms with van der Waals surface area (Å²) in [6.07, 6.45) is 0. The molecule has 0 aliphatic heterocycles. The number of nitrogens with one attached hydrogen (secondary N) is 2. The van der Waals surface area contributed by atoms with Gasteiger partial charge in [0, 0.05) is 31.7 Å². The Morgan fingerprint density at radius 3 is 2.60 bits per heavy atom. The van der Waals surface area contributed by atoms with E-state index in [2.05, 4.69) is 9.71 Å². The number of benzene rings is 1. The van der Waals surface area contributed by atoms with Crippen molar-refractivity contribution in [3.05, 3.63) is 45.7 Å². The Labute approximate surface area is 117 Å². The number of H-pyrrole nitrogens is 1. The van der Waals surface area contributed by atoms with Crippen molar-refractivity contribution < 1.29 is 8.42 Å². The molecule has 0 saturated carbocycles. The molecule has 2 aromatic rings. The maximum Gasteiger partial charge on any atom is 0.279 e. The van der Waals surface area contributed by atoms with Gasteiger partial charge in [-0.1, -0.05) is 6.07 Å². The number of pyridine rings is 1. The Hall–Kier alpha value is -1.70. The minimum atomic E-state index is -3.44. The molecule has 0 atom stereocenters. The van der Waals surface area contributed by atoms with Crippen LogP contribution in [0.3, 0.4) is 0 Å². The standard InChI is InChI=1S/C13H17N3O3S/c1-9-6-11-7-10(4-5-12(11)15-13(9)17)8-14-20(18,19)16(2)3/h4-7,14H,8H2,1-3H3,(H,15,17). The monoisotopic (exact) mass is 295 g/mol. The molecular formula is C13H17N3O3S. The Balaban J connectivity index is 2.29. The van der Waals surface area contributed by atoms with Crippen LogP contribution in [-0.2, 0) is 16.8 Å². The van der Waals surface area contributed by atoms with Crippen molar-refractivity contribution in [1.82, 2.24) is 14.0 Å². The predicted molar refractivity (Wildman–Crippen MR) is 78.8 cm³/mol. The second-order valence-electron chi connectivity index (χ2n) is 4.81. The summed E-state index contributed by atoms with van der Waals surface area (Å²) < 4.78 is 26.9. The van der Waals surface area contributed by atoms with Gasteiger partial charge in [0.15, 0.2) is 0 Å². The Kier molecular flexibility index (Phi) is 3.94. The van der Waals surface area contributed by atoms with Crippen molar-refractivity contribution in [3.8, 4) is 0 Å². The summed E-state index contributed by atoms with van der Waals surface area (Å²) in [6.45, 7) is 1.94. The SMILES string of the molecule is Cc1cc2cc(CNS(=O)(=O)N(C)C)ccc2[nH]c1=O. The summed E-state index contributed by atoms with van der Waals surface area (Å²) in [6, 6.07) is 7.20. The van der Waals surface area contributed by atoms with E-state index >= 15 is 0 Å². The van der Waals surface area contributed by atoms with Crippen LogP contribution < -0.4 is 10.3 Å². The van der Waals surface area contributed by atoms with Crippen LogP contribution in [-0.4, -0.2) is 31.8 Å². The number of aryl methyl sites for hydroxylation is 1. The summed E-state index contributed by atoms with van der Waals surface area (Å²) in [5.74, 6) is 0. The van der Waals surface area contributed by atoms with Crippen molar-refractivity contribution in [3.63, 3.8) is 0 Å². The third-order valence-corrected chi connectivity index (χ3v) is 4.50. The molecule has 20 heavy (non-hydrogen) atoms. The molecule has 0 bridgehead atoms. The van der Waals surface area contributed by atoms with Gasteiger partial charge in [-0.25, -0.2) is 0 Å². The van der Waals surface area contributed by atoms with Gasteiger partial charge in [0.2, 0.25) is 0 Å². The van der Waals surface area contributed by atoms with Gasteiger partial charge in [0.05, 0.1) is 0 Å². The number of aromatic amines is 1. The molecule has 0 saturated heterocycles. The number of hydrogen-bond acceptors (Lipinski definition) is 3. The number of fused-ring (bicyclic) bond motifs is 1. The molecule has 7 heteroatoms. The normalized spacial score (nSPS) is 12.2. The highest BCUT2D eigenvalue weighted by molar-refractivity contribution is 7.87. The van der Waals surface area contributed by atoms with Crippen LogP contribution >= 0.6 is 0 Å². The molecule has 0 aliphatic rings. The fourth-order valence-electron chi connectivity index (χ4n) is 1.78. The van der Waals surface area contributed by atoms with Crippen LogP contribution in [0, 0.1) is 6.92 Å². The van der Waals surface area contributed by atoms with Gasteiger partial charge in [-0.05, 0) is 36.1 Å². The van der Waals surface area contributed by atoms with Gasteiger partial charge >= 0.3 is 0 Å². The van der Waals surface area contributed by atoms with Crippen LogP contribution in [0.25, 0.3) is 10.9 Å². The maximum atomic E-state index is 11.6. The van der Waals surface area contributed by atoms with E-state index in [1.165, 1.54) is 14.1 Å². The molecule has 0 spiro atoms. The molecule has 0 fully saturated rings. The lowest BCUT2D eigenvalue weighted by Crippen LogP contribution is -2.35. The maximum absolute atomic E-state index is 11.6. The highest BCUT2D eigenvalue weighted by Crippen LogP contribution is 2.13. The summed E-state index contributed by atoms with van der Waals surface area (Å²) >= 11 is 0. The summed E-state index contributed by atoms with van der Waals surface area (Å²) in [7, 11) is -0.501. The molecule has 0 amide bonds. The smallest absolute Gasteiger partial charge is 0.279 e. The largest absolute Gasteiger partial charge is 0.322 e. The zero-order chi connectivity index (χ0) is 14.9. The minimum Gasteiger partial charge on any atom is -0.322 e. The van der Waals surface area contributed by atoms with Crippen LogP contribution in [0.1, 0.15) is 11.1 Å². The quantitative estimate of drug-likeness (QED) is 0.872. The summed E-state index contributed by atoms with van der Waals surface area (Å²) in [5, 5.41) is 0.878. The number of hydrogen-bond donors (Lipinski definition) is 2. The minimum absolute atomic E-state index is 0.112. The van der Waals surface area contributed by atoms with E-state index in [9.17, 15) is 13.2 Å². The van der Waals surface area contributed by atoms with Crippen molar-refractivity contribution >= 4 is 21.1 Å². The van der Waals surface area contributed by atoms with Gasteiger partial charge in [0.25, 0.3) is 15.8 Å². The highest BCUT2D eigenvalue weighted by Gasteiger charge is 2.12. The molecule has 108 valence electrons. The first kappa shape index (κ1) is 14.7. The summed E-state index contributed by atoms with van der Waals surface area (Å²) in [4.78, 5) is 14.3. The molecule has 0 aliphatic carbocycles. The van der Waals surface area contributed by atoms with Crippen molar-refractivity contribution in [2.24, 2.45) is 0 Å². The van der Waals surface area contributed by atoms with Gasteiger partial charge in [-0.15, -0.1) is 0 Å². The van der Waals surface area contributed by atoms with E-state index in [4.69, 9.17) is 0 Å². The zero-order valence-electron chi connectivity index (χ0n) is 11.6. The molecule has 2 rings (SSSR count). The second kappa shape index (κ2) is 5.35. The molecule has 1 aromatic carbocycles. The van der Waals surface area contributed by atoms with E-state index in [1.807, 2.05) is 6.07 Å². The van der Waals surface area contributed by atoms with Gasteiger partial charge in [-0.3, -0.25) is 4.79 Å². The fraction of sp³-hybridized carbons (Fsp3) is 0.308. The second-order valence-corrected chi connectivity index (χ2v) is 6.78. The summed E-state index contributed by atoms with van der Waals surface area (Å²) in [5.41, 5.74) is 2.08. The van der Waals surface area contributed by atoms with Gasteiger partial charge in [0.1, 0.15) is 0 Å². The van der Waals surface area contributed by atoms with Crippen molar-refractivity contribution in [1.29, 1.82) is 0 Å². The molecule has 1 heterocycles. The number of nitrogens with zero attached hydrogens (tertiary/aromatic N) is 1. The van der Waals surface area contributed by atoms with Gasteiger partial charge in [-0.2, -0.15) is 17.4 Å². The van der Waals surface area contributed by atoms with E-state index in [0.29, 0.717) is 5.56 Å². The van der Waals surface area contributed by atoms with Crippen LogP contribution in [0.15, 0.2) is 29.1 Å². The average molecular weight is 295 g/mol.